The summed E-state index contributed by atoms with van der Waals surface area (Å²) in [6.07, 6.45) is -0.694. The summed E-state index contributed by atoms with van der Waals surface area (Å²) in [5.41, 5.74) is 0. The molecule has 7 heavy (non-hydrogen) atoms. The highest BCUT2D eigenvalue weighted by molar-refractivity contribution is 4.89. The molecule has 41 valence electrons. The van der Waals surface area contributed by atoms with Gasteiger partial charge in [-0.2, -0.15) is 0 Å². The molecule has 0 aliphatic carbocycles. The Bertz CT molecular complexity index is 56.0. The molecule has 0 unspecified atom stereocenters. The number of rotatable bonds is 0. The minimum Gasteiger partial charge on any atom is -0.387 e. The fourth-order valence-corrected chi connectivity index (χ4v) is 0.468. The Kier molecular flexibility index (Phi) is 1.27. The number of hydrogen-bond donors (Lipinski definition) is 2. The van der Waals surface area contributed by atoms with E-state index in [2.05, 4.69) is 4.74 Å². The van der Waals surface area contributed by atoms with Crippen molar-refractivity contribution in [3.8, 4) is 0 Å². The molecule has 1 saturated heterocycles. The Morgan fingerprint density at radius 2 is 2.43 bits per heavy atom. The van der Waals surface area contributed by atoms with Crippen molar-refractivity contribution in [3.63, 3.8) is 0 Å². The van der Waals surface area contributed by atoms with Gasteiger partial charge in [0.25, 0.3) is 0 Å². The molecule has 0 amide bonds. The van der Waals surface area contributed by atoms with Crippen LogP contribution >= 0.6 is 0 Å². The molecule has 0 saturated carbocycles. The molecule has 1 rings (SSSR count). The van der Waals surface area contributed by atoms with Crippen LogP contribution in [0.2, 0.25) is 0 Å². The van der Waals surface area contributed by atoms with E-state index in [0.29, 0.717) is 0 Å². The monoisotopic (exact) mass is 103 g/mol. The van der Waals surface area contributed by atoms with Crippen LogP contribution in [0.3, 0.4) is 0 Å². The molecular weight excluding hydrogens is 96.0 g/mol. The standard InChI is InChI=1S/C4H7O3/c5-3-1-7-2-4(3)6/h3,5-6H,1-2H2/t3-/m0/s1. The largest absolute Gasteiger partial charge is 0.387 e. The molecule has 1 aliphatic heterocycles. The molecule has 3 nitrogen and oxygen atoms in total. The van der Waals surface area contributed by atoms with E-state index in [-0.39, 0.29) is 19.3 Å². The van der Waals surface area contributed by atoms with Gasteiger partial charge in [-0.15, -0.1) is 0 Å². The maximum absolute atomic E-state index is 8.59. The molecule has 1 fully saturated rings. The van der Waals surface area contributed by atoms with E-state index in [1.165, 1.54) is 0 Å². The van der Waals surface area contributed by atoms with Gasteiger partial charge in [0.2, 0.25) is 0 Å². The summed E-state index contributed by atoms with van der Waals surface area (Å²) in [6.45, 7) is 0.438. The fourth-order valence-electron chi connectivity index (χ4n) is 0.468. The van der Waals surface area contributed by atoms with E-state index in [1.807, 2.05) is 0 Å². The van der Waals surface area contributed by atoms with Crippen LogP contribution in [-0.2, 0) is 4.74 Å². The number of ether oxygens (including phenoxy) is 1. The molecule has 0 aromatic rings. The number of aliphatic hydroxyl groups is 2. The Hall–Kier alpha value is -0.120. The first-order chi connectivity index (χ1) is 3.30. The summed E-state index contributed by atoms with van der Waals surface area (Å²) in [7, 11) is 0. The van der Waals surface area contributed by atoms with Crippen LogP contribution in [0, 0.1) is 6.10 Å². The Labute approximate surface area is 41.5 Å². The average Bonchev–Trinajstić information content (AvgIpc) is 1.91. The van der Waals surface area contributed by atoms with E-state index >= 15 is 0 Å². The zero-order valence-corrected chi connectivity index (χ0v) is 3.79. The zero-order chi connectivity index (χ0) is 5.28. The number of hydrogen-bond acceptors (Lipinski definition) is 3. The van der Waals surface area contributed by atoms with E-state index in [4.69, 9.17) is 10.2 Å². The van der Waals surface area contributed by atoms with Crippen LogP contribution < -0.4 is 0 Å². The molecule has 1 heterocycles. The van der Waals surface area contributed by atoms with Crippen LogP contribution in [0.1, 0.15) is 0 Å². The zero-order valence-electron chi connectivity index (χ0n) is 3.79. The van der Waals surface area contributed by atoms with Crippen molar-refractivity contribution in [2.75, 3.05) is 13.2 Å². The smallest absolute Gasteiger partial charge is 0.149 e. The van der Waals surface area contributed by atoms with Crippen molar-refractivity contribution in [1.82, 2.24) is 0 Å². The van der Waals surface area contributed by atoms with Gasteiger partial charge in [-0.25, -0.2) is 0 Å². The molecule has 0 spiro atoms. The maximum Gasteiger partial charge on any atom is 0.149 e. The first-order valence-corrected chi connectivity index (χ1v) is 2.11. The lowest BCUT2D eigenvalue weighted by atomic mass is 10.3. The SMILES string of the molecule is O[C]1COC[C@@H]1O. The van der Waals surface area contributed by atoms with E-state index in [1.54, 1.807) is 0 Å². The lowest BCUT2D eigenvalue weighted by Gasteiger charge is -1.98. The van der Waals surface area contributed by atoms with Gasteiger partial charge in [0.15, 0.2) is 0 Å². The minimum atomic E-state index is -0.736. The Morgan fingerprint density at radius 3 is 2.57 bits per heavy atom. The summed E-state index contributed by atoms with van der Waals surface area (Å²) >= 11 is 0. The van der Waals surface area contributed by atoms with Gasteiger partial charge in [-0.05, 0) is 0 Å². The third-order valence-electron chi connectivity index (χ3n) is 0.910. The highest BCUT2D eigenvalue weighted by atomic mass is 16.5. The average molecular weight is 103 g/mol. The fraction of sp³-hybridized carbons (Fsp3) is 0.750. The molecular formula is C4H7O3. The van der Waals surface area contributed by atoms with Gasteiger partial charge in [-0.3, -0.25) is 0 Å². The predicted molar refractivity (Wildman–Crippen MR) is 22.0 cm³/mol. The van der Waals surface area contributed by atoms with Crippen molar-refractivity contribution in [3.05, 3.63) is 6.10 Å². The second kappa shape index (κ2) is 1.78. The van der Waals surface area contributed by atoms with Crippen molar-refractivity contribution in [2.24, 2.45) is 0 Å². The summed E-state index contributed by atoms with van der Waals surface area (Å²) in [6, 6.07) is 0. The molecule has 1 aliphatic rings. The second-order valence-corrected chi connectivity index (χ2v) is 1.52. The lowest BCUT2D eigenvalue weighted by molar-refractivity contribution is 0.114. The molecule has 2 N–H and O–H groups in total. The normalized spacial score (nSPS) is 34.3. The Balaban J connectivity index is 2.33. The summed E-state index contributed by atoms with van der Waals surface area (Å²) in [5, 5.41) is 17.1. The Morgan fingerprint density at radius 1 is 1.71 bits per heavy atom. The van der Waals surface area contributed by atoms with Gasteiger partial charge >= 0.3 is 0 Å². The van der Waals surface area contributed by atoms with Gasteiger partial charge in [-0.1, -0.05) is 0 Å². The third-order valence-corrected chi connectivity index (χ3v) is 0.910. The molecule has 0 aromatic carbocycles. The van der Waals surface area contributed by atoms with Crippen LogP contribution in [0.25, 0.3) is 0 Å². The van der Waals surface area contributed by atoms with Gasteiger partial charge in [0.05, 0.1) is 13.2 Å². The van der Waals surface area contributed by atoms with E-state index < -0.39 is 6.10 Å². The van der Waals surface area contributed by atoms with Gasteiger partial charge < -0.3 is 14.9 Å². The predicted octanol–water partition coefficient (Wildman–Crippen LogP) is -0.718. The highest BCUT2D eigenvalue weighted by Gasteiger charge is 2.24. The molecule has 0 bridgehead atoms. The van der Waals surface area contributed by atoms with Crippen molar-refractivity contribution in [1.29, 1.82) is 0 Å². The molecule has 3 heteroatoms. The summed E-state index contributed by atoms with van der Waals surface area (Å²) in [4.78, 5) is 0. The lowest BCUT2D eigenvalue weighted by Crippen LogP contribution is -2.13. The van der Waals surface area contributed by atoms with Crippen LogP contribution in [-0.4, -0.2) is 29.5 Å². The van der Waals surface area contributed by atoms with Crippen LogP contribution in [0.4, 0.5) is 0 Å². The summed E-state index contributed by atoms with van der Waals surface area (Å²) < 4.78 is 4.63. The van der Waals surface area contributed by atoms with Crippen molar-refractivity contribution in [2.45, 2.75) is 6.10 Å². The van der Waals surface area contributed by atoms with E-state index in [0.717, 1.165) is 0 Å². The molecule has 1 radical (unpaired) electrons. The quantitative estimate of drug-likeness (QED) is 0.425. The second-order valence-electron chi connectivity index (χ2n) is 1.52. The minimum absolute atomic E-state index is 0.0417. The van der Waals surface area contributed by atoms with Gasteiger partial charge in [0, 0.05) is 0 Å². The maximum atomic E-state index is 8.59. The molecule has 1 atom stereocenters. The van der Waals surface area contributed by atoms with Crippen LogP contribution in [0.5, 0.6) is 0 Å². The van der Waals surface area contributed by atoms with Crippen LogP contribution in [0.15, 0.2) is 0 Å². The van der Waals surface area contributed by atoms with Crippen molar-refractivity contribution >= 4 is 0 Å². The van der Waals surface area contributed by atoms with Gasteiger partial charge in [0.1, 0.15) is 12.2 Å². The first kappa shape index (κ1) is 5.03. The highest BCUT2D eigenvalue weighted by Crippen LogP contribution is 2.10. The first-order valence-electron chi connectivity index (χ1n) is 2.11. The third kappa shape index (κ3) is 0.907. The van der Waals surface area contributed by atoms with E-state index in [9.17, 15) is 0 Å². The number of aliphatic hydroxyl groups excluding tert-OH is 2. The van der Waals surface area contributed by atoms with Crippen molar-refractivity contribution < 1.29 is 14.9 Å². The topological polar surface area (TPSA) is 49.7 Å². The molecule has 0 aromatic heterocycles. The summed E-state index contributed by atoms with van der Waals surface area (Å²) in [5.74, 6) is 0.